The fourth-order valence-corrected chi connectivity index (χ4v) is 6.28. The second-order valence-corrected chi connectivity index (χ2v) is 12.0. The molecule has 4 heterocycles. The van der Waals surface area contributed by atoms with Gasteiger partial charge in [-0.05, 0) is 67.0 Å². The van der Waals surface area contributed by atoms with E-state index in [1.807, 2.05) is 4.90 Å². The molecule has 1 amide bonds. The molecule has 246 valence electrons. The number of alkyl halides is 3. The van der Waals surface area contributed by atoms with Gasteiger partial charge in [0.1, 0.15) is 11.9 Å². The largest absolute Gasteiger partial charge is 0.480 e. The Bertz CT molecular complexity index is 1800. The lowest BCUT2D eigenvalue weighted by Crippen LogP contribution is -2.41. The van der Waals surface area contributed by atoms with Crippen molar-refractivity contribution in [1.82, 2.24) is 25.1 Å². The summed E-state index contributed by atoms with van der Waals surface area (Å²) in [4.78, 5) is 33.1. The Balaban J connectivity index is 1.30. The predicted octanol–water partition coefficient (Wildman–Crippen LogP) is 4.03. The van der Waals surface area contributed by atoms with E-state index in [2.05, 4.69) is 20.4 Å². The first-order chi connectivity index (χ1) is 22.3. The van der Waals surface area contributed by atoms with Crippen LogP contribution in [0.4, 0.5) is 24.9 Å². The van der Waals surface area contributed by atoms with Crippen LogP contribution >= 0.6 is 0 Å². The van der Waals surface area contributed by atoms with Crippen molar-refractivity contribution in [2.24, 2.45) is 11.1 Å². The molecule has 12 nitrogen and oxygen atoms in total. The van der Waals surface area contributed by atoms with Crippen molar-refractivity contribution in [1.29, 1.82) is 0 Å². The number of benzene rings is 2. The SMILES string of the molecule is Cc1ccn(-c2cc(-c3ccc(C(N)=O)cc3)ccc2[C@@H](Oc2cc(N3CCC4(CC3)CNC(C(=O)O)C4)nc(N)n2)C(F)(F)F)n1. The average molecular weight is 651 g/mol. The Morgan fingerprint density at radius 2 is 1.77 bits per heavy atom. The first-order valence-electron chi connectivity index (χ1n) is 15.0. The number of carboxylic acid groups (broad SMARTS) is 1. The Hall–Kier alpha value is -5.18. The number of carbonyl (C=O) groups is 2. The van der Waals surface area contributed by atoms with Crippen molar-refractivity contribution in [3.63, 3.8) is 0 Å². The van der Waals surface area contributed by atoms with Crippen molar-refractivity contribution in [2.75, 3.05) is 30.3 Å². The summed E-state index contributed by atoms with van der Waals surface area (Å²) in [6, 6.07) is 13.3. The molecular weight excluding hydrogens is 617 g/mol. The number of carboxylic acids is 1. The summed E-state index contributed by atoms with van der Waals surface area (Å²) < 4.78 is 51.4. The molecule has 2 saturated heterocycles. The molecule has 6 N–H and O–H groups in total. The molecule has 2 fully saturated rings. The summed E-state index contributed by atoms with van der Waals surface area (Å²) in [5, 5.41) is 16.8. The molecular formula is C32H33F3N8O4. The minimum absolute atomic E-state index is 0.130. The van der Waals surface area contributed by atoms with E-state index in [1.54, 1.807) is 49.5 Å². The number of rotatable bonds is 8. The molecule has 6 rings (SSSR count). The zero-order chi connectivity index (χ0) is 33.5. The summed E-state index contributed by atoms with van der Waals surface area (Å²) >= 11 is 0. The number of aromatic nitrogens is 4. The summed E-state index contributed by atoms with van der Waals surface area (Å²) in [6.07, 6.45) is -3.88. The molecule has 1 unspecified atom stereocenters. The highest BCUT2D eigenvalue weighted by Crippen LogP contribution is 2.42. The number of hydrogen-bond acceptors (Lipinski definition) is 9. The number of piperidine rings is 1. The van der Waals surface area contributed by atoms with Gasteiger partial charge in [0.15, 0.2) is 0 Å². The topological polar surface area (TPSA) is 175 Å². The van der Waals surface area contributed by atoms with E-state index in [1.165, 1.54) is 22.9 Å². The molecule has 15 heteroatoms. The zero-order valence-corrected chi connectivity index (χ0v) is 25.4. The van der Waals surface area contributed by atoms with E-state index in [9.17, 15) is 27.9 Å². The van der Waals surface area contributed by atoms with Crippen LogP contribution in [0.25, 0.3) is 16.8 Å². The van der Waals surface area contributed by atoms with Crippen LogP contribution in [0, 0.1) is 12.3 Å². The molecule has 2 atom stereocenters. The van der Waals surface area contributed by atoms with Gasteiger partial charge in [0.2, 0.25) is 23.8 Å². The van der Waals surface area contributed by atoms with Gasteiger partial charge in [0.25, 0.3) is 0 Å². The number of primary amides is 1. The van der Waals surface area contributed by atoms with Crippen LogP contribution in [-0.4, -0.2) is 68.6 Å². The number of amides is 1. The quantitative estimate of drug-likeness (QED) is 0.218. The fourth-order valence-electron chi connectivity index (χ4n) is 6.28. The number of aryl methyl sites for hydroxylation is 1. The fraction of sp³-hybridized carbons (Fsp3) is 0.344. The number of nitrogens with zero attached hydrogens (tertiary/aromatic N) is 5. The third-order valence-corrected chi connectivity index (χ3v) is 8.83. The molecule has 0 saturated carbocycles. The number of nitrogens with one attached hydrogen (secondary N) is 1. The Morgan fingerprint density at radius 1 is 1.06 bits per heavy atom. The molecule has 2 aromatic heterocycles. The van der Waals surface area contributed by atoms with Gasteiger partial charge in [-0.2, -0.15) is 28.2 Å². The van der Waals surface area contributed by atoms with Crippen molar-refractivity contribution >= 4 is 23.6 Å². The van der Waals surface area contributed by atoms with Gasteiger partial charge in [-0.3, -0.25) is 9.59 Å². The minimum Gasteiger partial charge on any atom is -0.480 e. The van der Waals surface area contributed by atoms with Gasteiger partial charge in [-0.1, -0.05) is 24.3 Å². The number of halogens is 3. The van der Waals surface area contributed by atoms with Crippen molar-refractivity contribution in [3.8, 4) is 22.7 Å². The smallest absolute Gasteiger partial charge is 0.429 e. The van der Waals surface area contributed by atoms with Crippen LogP contribution in [0.15, 0.2) is 60.8 Å². The van der Waals surface area contributed by atoms with Gasteiger partial charge < -0.3 is 31.5 Å². The molecule has 47 heavy (non-hydrogen) atoms. The van der Waals surface area contributed by atoms with E-state index in [0.29, 0.717) is 67.1 Å². The average Bonchev–Trinajstić information content (AvgIpc) is 3.66. The minimum atomic E-state index is -4.87. The van der Waals surface area contributed by atoms with E-state index < -0.39 is 30.2 Å². The van der Waals surface area contributed by atoms with E-state index in [0.717, 1.165) is 0 Å². The Labute approximate surface area is 267 Å². The van der Waals surface area contributed by atoms with E-state index in [4.69, 9.17) is 16.2 Å². The molecule has 0 radical (unpaired) electrons. The molecule has 2 aliphatic rings. The maximum absolute atomic E-state index is 14.8. The molecule has 2 aromatic carbocycles. The lowest BCUT2D eigenvalue weighted by Gasteiger charge is -2.39. The maximum Gasteiger partial charge on any atom is 0.429 e. The van der Waals surface area contributed by atoms with Gasteiger partial charge in [0.05, 0.1) is 11.4 Å². The normalized spacial score (nSPS) is 18.3. The third kappa shape index (κ3) is 6.70. The molecule has 0 aliphatic carbocycles. The first-order valence-corrected chi connectivity index (χ1v) is 15.0. The zero-order valence-electron chi connectivity index (χ0n) is 25.4. The predicted molar refractivity (Wildman–Crippen MR) is 166 cm³/mol. The summed E-state index contributed by atoms with van der Waals surface area (Å²) in [5.74, 6) is -1.75. The van der Waals surface area contributed by atoms with Crippen LogP contribution in [-0.2, 0) is 4.79 Å². The molecule has 0 bridgehead atoms. The second-order valence-electron chi connectivity index (χ2n) is 12.0. The second kappa shape index (κ2) is 12.2. The maximum atomic E-state index is 14.8. The summed E-state index contributed by atoms with van der Waals surface area (Å²) in [5.41, 5.74) is 13.2. The summed E-state index contributed by atoms with van der Waals surface area (Å²) in [6.45, 7) is 3.33. The molecule has 1 spiro atoms. The van der Waals surface area contributed by atoms with Gasteiger partial charge in [-0.25, -0.2) is 4.68 Å². The Morgan fingerprint density at radius 3 is 2.36 bits per heavy atom. The third-order valence-electron chi connectivity index (χ3n) is 8.83. The molecule has 2 aliphatic heterocycles. The lowest BCUT2D eigenvalue weighted by molar-refractivity contribution is -0.198. The van der Waals surface area contributed by atoms with Crippen LogP contribution in [0.5, 0.6) is 5.88 Å². The summed E-state index contributed by atoms with van der Waals surface area (Å²) in [7, 11) is 0. The first kappa shape index (κ1) is 31.8. The van der Waals surface area contributed by atoms with E-state index in [-0.39, 0.29) is 28.5 Å². The number of hydrogen-bond donors (Lipinski definition) is 4. The van der Waals surface area contributed by atoms with Crippen molar-refractivity contribution in [2.45, 2.75) is 44.5 Å². The standard InChI is InChI=1S/C32H33F3N8O4/c1-18-8-11-43(41-18)24-14-21(19-2-4-20(5-3-19)28(36)44)6-7-22(24)27(32(33,34)35)47-26-15-25(39-30(37)40-26)42-12-9-31(10-13-42)16-23(29(45)46)38-17-31/h2-8,11,14-15,23,27,38H,9-10,12-13,16-17H2,1H3,(H2,36,44)(H,45,46)(H2,37,39,40)/t23?,27-/m1/s1. The monoisotopic (exact) mass is 650 g/mol. The van der Waals surface area contributed by atoms with Crippen LogP contribution in [0.1, 0.15) is 47.0 Å². The van der Waals surface area contributed by atoms with Crippen molar-refractivity contribution < 1.29 is 32.6 Å². The number of nitrogens with two attached hydrogens (primary N) is 2. The lowest BCUT2D eigenvalue weighted by atomic mass is 9.76. The highest BCUT2D eigenvalue weighted by Gasteiger charge is 2.46. The molecule has 4 aromatic rings. The van der Waals surface area contributed by atoms with Crippen molar-refractivity contribution in [3.05, 3.63) is 77.6 Å². The highest BCUT2D eigenvalue weighted by molar-refractivity contribution is 5.93. The number of anilines is 2. The van der Waals surface area contributed by atoms with Crippen LogP contribution in [0.3, 0.4) is 0 Å². The number of nitrogen functional groups attached to an aromatic ring is 1. The number of aliphatic carboxylic acids is 1. The van der Waals surface area contributed by atoms with E-state index >= 15 is 0 Å². The van der Waals surface area contributed by atoms with Gasteiger partial charge in [-0.15, -0.1) is 0 Å². The van der Waals surface area contributed by atoms with Gasteiger partial charge >= 0.3 is 12.1 Å². The highest BCUT2D eigenvalue weighted by atomic mass is 19.4. The van der Waals surface area contributed by atoms with Crippen LogP contribution < -0.4 is 26.4 Å². The van der Waals surface area contributed by atoms with Gasteiger partial charge in [0, 0.05) is 43.0 Å². The number of carbonyl (C=O) groups excluding carboxylic acids is 1. The number of ether oxygens (including phenoxy) is 1. The van der Waals surface area contributed by atoms with Crippen LogP contribution in [0.2, 0.25) is 0 Å². The Kier molecular flexibility index (Phi) is 8.26.